The number of carbonyl (C=O) groups is 3. The van der Waals surface area contributed by atoms with Crippen molar-refractivity contribution < 1.29 is 24.2 Å². The highest BCUT2D eigenvalue weighted by molar-refractivity contribution is 5.83. The van der Waals surface area contributed by atoms with E-state index < -0.39 is 36.0 Å². The normalized spacial score (nSPS) is 24.1. The van der Waals surface area contributed by atoms with Crippen molar-refractivity contribution >= 4 is 18.0 Å². The number of carbonyl (C=O) groups excluding carboxylic acids is 2. The minimum absolute atomic E-state index is 0.393. The first-order valence-corrected chi connectivity index (χ1v) is 6.33. The van der Waals surface area contributed by atoms with Crippen LogP contribution in [0.4, 0.5) is 4.79 Å². The molecule has 3 unspecified atom stereocenters. The molecule has 2 amide bonds. The van der Waals surface area contributed by atoms with Crippen LogP contribution in [0.5, 0.6) is 0 Å². The van der Waals surface area contributed by atoms with Crippen molar-refractivity contribution in [3.8, 4) is 0 Å². The quantitative estimate of drug-likeness (QED) is 0.646. The summed E-state index contributed by atoms with van der Waals surface area (Å²) in [4.78, 5) is 33.9. The Hall–Kier alpha value is -1.79. The van der Waals surface area contributed by atoms with Gasteiger partial charge in [0.25, 0.3) is 0 Å². The minimum atomic E-state index is -0.897. The first kappa shape index (κ1) is 15.3. The molecule has 19 heavy (non-hydrogen) atoms. The molecule has 7 heteroatoms. The summed E-state index contributed by atoms with van der Waals surface area (Å²) in [7, 11) is 1.24. The van der Waals surface area contributed by atoms with Crippen LogP contribution in [-0.4, -0.2) is 42.3 Å². The number of amides is 2. The smallest absolute Gasteiger partial charge is 0.328 e. The van der Waals surface area contributed by atoms with E-state index in [4.69, 9.17) is 5.11 Å². The summed E-state index contributed by atoms with van der Waals surface area (Å²) in [5.41, 5.74) is 0. The van der Waals surface area contributed by atoms with Crippen molar-refractivity contribution in [2.24, 2.45) is 5.92 Å². The molecule has 0 aliphatic heterocycles. The van der Waals surface area contributed by atoms with E-state index in [2.05, 4.69) is 15.4 Å². The fourth-order valence-electron chi connectivity index (χ4n) is 2.24. The molecule has 1 saturated carbocycles. The summed E-state index contributed by atoms with van der Waals surface area (Å²) in [6, 6.07) is -1.70. The summed E-state index contributed by atoms with van der Waals surface area (Å²) >= 11 is 0. The van der Waals surface area contributed by atoms with Gasteiger partial charge in [-0.15, -0.1) is 0 Å². The number of hydrogen-bond acceptors (Lipinski definition) is 4. The SMILES string of the molecule is COC(=O)C(C)NC(=O)NC1CCCCC1C(=O)O. The topological polar surface area (TPSA) is 105 Å². The number of methoxy groups -OCH3 is 1. The summed E-state index contributed by atoms with van der Waals surface area (Å²) in [6.07, 6.45) is 2.94. The largest absolute Gasteiger partial charge is 0.481 e. The van der Waals surface area contributed by atoms with E-state index in [1.165, 1.54) is 14.0 Å². The van der Waals surface area contributed by atoms with Crippen LogP contribution in [0.2, 0.25) is 0 Å². The van der Waals surface area contributed by atoms with Crippen LogP contribution >= 0.6 is 0 Å². The number of rotatable bonds is 4. The third kappa shape index (κ3) is 4.42. The second-order valence-corrected chi connectivity index (χ2v) is 4.70. The number of ether oxygens (including phenoxy) is 1. The van der Waals surface area contributed by atoms with Gasteiger partial charge >= 0.3 is 18.0 Å². The molecule has 0 saturated heterocycles. The van der Waals surface area contributed by atoms with Gasteiger partial charge in [0, 0.05) is 6.04 Å². The monoisotopic (exact) mass is 272 g/mol. The highest BCUT2D eigenvalue weighted by Gasteiger charge is 2.32. The maximum atomic E-state index is 11.7. The Morgan fingerprint density at radius 3 is 2.47 bits per heavy atom. The van der Waals surface area contributed by atoms with Gasteiger partial charge in [0.1, 0.15) is 6.04 Å². The van der Waals surface area contributed by atoms with E-state index >= 15 is 0 Å². The summed E-state index contributed by atoms with van der Waals surface area (Å²) < 4.78 is 4.49. The summed E-state index contributed by atoms with van der Waals surface area (Å²) in [5, 5.41) is 14.1. The van der Waals surface area contributed by atoms with Gasteiger partial charge in [0.15, 0.2) is 0 Å². The molecule has 1 aliphatic carbocycles. The van der Waals surface area contributed by atoms with Crippen LogP contribution in [0.25, 0.3) is 0 Å². The average molecular weight is 272 g/mol. The fraction of sp³-hybridized carbons (Fsp3) is 0.750. The van der Waals surface area contributed by atoms with Gasteiger partial charge in [-0.2, -0.15) is 0 Å². The highest BCUT2D eigenvalue weighted by atomic mass is 16.5. The van der Waals surface area contributed by atoms with Crippen molar-refractivity contribution in [1.82, 2.24) is 10.6 Å². The van der Waals surface area contributed by atoms with Crippen LogP contribution in [0.15, 0.2) is 0 Å². The van der Waals surface area contributed by atoms with E-state index in [9.17, 15) is 14.4 Å². The molecule has 1 fully saturated rings. The molecule has 0 spiro atoms. The van der Waals surface area contributed by atoms with Crippen molar-refractivity contribution in [3.63, 3.8) is 0 Å². The van der Waals surface area contributed by atoms with Gasteiger partial charge < -0.3 is 20.5 Å². The third-order valence-electron chi connectivity index (χ3n) is 3.30. The van der Waals surface area contributed by atoms with Crippen LogP contribution in [0, 0.1) is 5.92 Å². The minimum Gasteiger partial charge on any atom is -0.481 e. The zero-order chi connectivity index (χ0) is 14.4. The van der Waals surface area contributed by atoms with Crippen molar-refractivity contribution in [1.29, 1.82) is 0 Å². The second-order valence-electron chi connectivity index (χ2n) is 4.70. The maximum absolute atomic E-state index is 11.7. The average Bonchev–Trinajstić information content (AvgIpc) is 2.37. The molecule has 1 rings (SSSR count). The van der Waals surface area contributed by atoms with Crippen LogP contribution in [-0.2, 0) is 14.3 Å². The maximum Gasteiger partial charge on any atom is 0.328 e. The Bertz CT molecular complexity index is 358. The molecule has 0 aromatic carbocycles. The van der Waals surface area contributed by atoms with E-state index in [-0.39, 0.29) is 0 Å². The van der Waals surface area contributed by atoms with E-state index in [1.54, 1.807) is 0 Å². The predicted octanol–water partition coefficient (Wildman–Crippen LogP) is 0.491. The van der Waals surface area contributed by atoms with Crippen molar-refractivity contribution in [3.05, 3.63) is 0 Å². The molecule has 0 bridgehead atoms. The van der Waals surface area contributed by atoms with Gasteiger partial charge in [-0.1, -0.05) is 12.8 Å². The summed E-state index contributed by atoms with van der Waals surface area (Å²) in [5.74, 6) is -2.01. The molecule has 3 N–H and O–H groups in total. The lowest BCUT2D eigenvalue weighted by molar-refractivity contribution is -0.144. The Balaban J connectivity index is 2.50. The number of carboxylic acid groups (broad SMARTS) is 1. The lowest BCUT2D eigenvalue weighted by Gasteiger charge is -2.29. The Morgan fingerprint density at radius 1 is 1.26 bits per heavy atom. The number of urea groups is 1. The fourth-order valence-corrected chi connectivity index (χ4v) is 2.24. The molecule has 7 nitrogen and oxygen atoms in total. The molecular weight excluding hydrogens is 252 g/mol. The van der Waals surface area contributed by atoms with Crippen LogP contribution in [0.3, 0.4) is 0 Å². The molecule has 108 valence electrons. The lowest BCUT2D eigenvalue weighted by atomic mass is 9.84. The zero-order valence-corrected chi connectivity index (χ0v) is 11.1. The van der Waals surface area contributed by atoms with Gasteiger partial charge in [0.2, 0.25) is 0 Å². The van der Waals surface area contributed by atoms with E-state index in [1.807, 2.05) is 0 Å². The van der Waals surface area contributed by atoms with Crippen LogP contribution < -0.4 is 10.6 Å². The summed E-state index contributed by atoms with van der Waals surface area (Å²) in [6.45, 7) is 1.50. The predicted molar refractivity (Wildman–Crippen MR) is 66.5 cm³/mol. The van der Waals surface area contributed by atoms with Gasteiger partial charge in [-0.25, -0.2) is 9.59 Å². The molecule has 0 radical (unpaired) electrons. The third-order valence-corrected chi connectivity index (χ3v) is 3.30. The second kappa shape index (κ2) is 6.96. The Morgan fingerprint density at radius 2 is 1.89 bits per heavy atom. The Labute approximate surface area is 111 Å². The lowest BCUT2D eigenvalue weighted by Crippen LogP contribution is -2.52. The van der Waals surface area contributed by atoms with Crippen LogP contribution in [0.1, 0.15) is 32.6 Å². The van der Waals surface area contributed by atoms with Gasteiger partial charge in [0.05, 0.1) is 13.0 Å². The molecule has 0 aromatic rings. The molecule has 0 heterocycles. The molecule has 1 aliphatic rings. The van der Waals surface area contributed by atoms with Crippen molar-refractivity contribution in [2.75, 3.05) is 7.11 Å². The standard InChI is InChI=1S/C12H20N2O5/c1-7(11(17)19-2)13-12(18)14-9-6-4-3-5-8(9)10(15)16/h7-9H,3-6H2,1-2H3,(H,15,16)(H2,13,14,18). The molecule has 0 aromatic heterocycles. The number of hydrogen-bond donors (Lipinski definition) is 3. The first-order valence-electron chi connectivity index (χ1n) is 6.33. The highest BCUT2D eigenvalue weighted by Crippen LogP contribution is 2.24. The van der Waals surface area contributed by atoms with Crippen molar-refractivity contribution in [2.45, 2.75) is 44.7 Å². The number of nitrogens with one attached hydrogen (secondary N) is 2. The molecular formula is C12H20N2O5. The van der Waals surface area contributed by atoms with Gasteiger partial charge in [-0.05, 0) is 19.8 Å². The first-order chi connectivity index (χ1) is 8.95. The molecule has 3 atom stereocenters. The number of esters is 1. The van der Waals surface area contributed by atoms with Gasteiger partial charge in [-0.3, -0.25) is 4.79 Å². The van der Waals surface area contributed by atoms with E-state index in [0.29, 0.717) is 12.8 Å². The zero-order valence-electron chi connectivity index (χ0n) is 11.1. The number of carboxylic acids is 1. The van der Waals surface area contributed by atoms with E-state index in [0.717, 1.165) is 12.8 Å². The Kier molecular flexibility index (Phi) is 5.59. The number of aliphatic carboxylic acids is 1.